The number of benzene rings is 2. The number of anilines is 1. The molecule has 0 fully saturated rings. The van der Waals surface area contributed by atoms with Gasteiger partial charge in [0, 0.05) is 17.4 Å². The molecule has 0 aliphatic carbocycles. The molecule has 0 radical (unpaired) electrons. The van der Waals surface area contributed by atoms with Gasteiger partial charge in [-0.2, -0.15) is 0 Å². The molecule has 0 heterocycles. The lowest BCUT2D eigenvalue weighted by molar-refractivity contribution is 0.493. The van der Waals surface area contributed by atoms with E-state index in [1.54, 1.807) is 12.7 Å². The van der Waals surface area contributed by atoms with Gasteiger partial charge in [0.1, 0.15) is 5.75 Å². The third-order valence-corrected chi connectivity index (χ3v) is 4.82. The zero-order chi connectivity index (χ0) is 15.5. The average molecular weight is 324 g/mol. The van der Waals surface area contributed by atoms with Crippen molar-refractivity contribution < 1.29 is 9.09 Å². The first-order chi connectivity index (χ1) is 9.91. The summed E-state index contributed by atoms with van der Waals surface area (Å²) in [5, 5.41) is 3.59. The highest BCUT2D eigenvalue weighted by atomic mass is 35.5. The Morgan fingerprint density at radius 1 is 1.19 bits per heavy atom. The van der Waals surface area contributed by atoms with Crippen LogP contribution in [-0.4, -0.2) is 6.66 Å². The SMILES string of the molecule is CCc1ccc(OP(C)(=O)Nc2cccc(Cl)c2C)cc1. The van der Waals surface area contributed by atoms with Crippen molar-refractivity contribution in [1.29, 1.82) is 0 Å². The van der Waals surface area contributed by atoms with E-state index in [0.717, 1.165) is 17.7 Å². The standard InChI is InChI=1S/C16H19ClNO2P/c1-4-13-8-10-14(11-9-13)20-21(3,19)18-16-7-5-6-15(17)12(16)2/h5-11H,4H2,1-3H3,(H,18,19). The van der Waals surface area contributed by atoms with E-state index in [4.69, 9.17) is 16.1 Å². The monoisotopic (exact) mass is 323 g/mol. The van der Waals surface area contributed by atoms with Gasteiger partial charge in [0.25, 0.3) is 0 Å². The van der Waals surface area contributed by atoms with Crippen LogP contribution in [0.5, 0.6) is 5.75 Å². The second kappa shape index (κ2) is 6.55. The minimum Gasteiger partial charge on any atom is -0.429 e. The quantitative estimate of drug-likeness (QED) is 0.736. The summed E-state index contributed by atoms with van der Waals surface area (Å²) in [7, 11) is -3.02. The van der Waals surface area contributed by atoms with E-state index in [0.29, 0.717) is 10.8 Å². The van der Waals surface area contributed by atoms with Crippen LogP contribution in [0.2, 0.25) is 5.02 Å². The molecule has 2 rings (SSSR count). The Labute approximate surface area is 130 Å². The van der Waals surface area contributed by atoms with Crippen molar-refractivity contribution in [3.63, 3.8) is 0 Å². The highest BCUT2D eigenvalue weighted by Gasteiger charge is 2.18. The zero-order valence-corrected chi connectivity index (χ0v) is 14.0. The molecule has 0 aliphatic heterocycles. The molecule has 1 unspecified atom stereocenters. The Morgan fingerprint density at radius 2 is 1.86 bits per heavy atom. The van der Waals surface area contributed by atoms with Crippen LogP contribution < -0.4 is 9.61 Å². The van der Waals surface area contributed by atoms with Gasteiger partial charge in [-0.25, -0.2) is 0 Å². The average Bonchev–Trinajstić information content (AvgIpc) is 2.44. The van der Waals surface area contributed by atoms with E-state index in [1.807, 2.05) is 43.3 Å². The van der Waals surface area contributed by atoms with Crippen LogP contribution in [-0.2, 0) is 11.0 Å². The molecule has 1 N–H and O–H groups in total. The van der Waals surface area contributed by atoms with Gasteiger partial charge < -0.3 is 9.61 Å². The minimum absolute atomic E-state index is 0.588. The third-order valence-electron chi connectivity index (χ3n) is 3.20. The summed E-state index contributed by atoms with van der Waals surface area (Å²) < 4.78 is 18.2. The number of aryl methyl sites for hydroxylation is 1. The summed E-state index contributed by atoms with van der Waals surface area (Å²) in [5.41, 5.74) is 2.79. The molecule has 1 atom stereocenters. The van der Waals surface area contributed by atoms with E-state index in [-0.39, 0.29) is 0 Å². The molecule has 2 aromatic carbocycles. The van der Waals surface area contributed by atoms with Crippen molar-refractivity contribution >= 4 is 24.8 Å². The third kappa shape index (κ3) is 4.26. The fourth-order valence-corrected chi connectivity index (χ4v) is 3.38. The molecule has 2 aromatic rings. The fourth-order valence-electron chi connectivity index (χ4n) is 1.96. The fraction of sp³-hybridized carbons (Fsp3) is 0.250. The van der Waals surface area contributed by atoms with Crippen LogP contribution in [0.1, 0.15) is 18.1 Å². The van der Waals surface area contributed by atoms with Gasteiger partial charge in [0.05, 0.1) is 0 Å². The van der Waals surface area contributed by atoms with Crippen LogP contribution in [0.25, 0.3) is 0 Å². The first-order valence-electron chi connectivity index (χ1n) is 6.81. The van der Waals surface area contributed by atoms with E-state index >= 15 is 0 Å². The van der Waals surface area contributed by atoms with Gasteiger partial charge in [-0.15, -0.1) is 0 Å². The van der Waals surface area contributed by atoms with Crippen molar-refractivity contribution in [1.82, 2.24) is 0 Å². The zero-order valence-electron chi connectivity index (χ0n) is 12.4. The van der Waals surface area contributed by atoms with Crippen LogP contribution in [0, 0.1) is 6.92 Å². The molecule has 3 nitrogen and oxygen atoms in total. The summed E-state index contributed by atoms with van der Waals surface area (Å²) in [6, 6.07) is 13.1. The van der Waals surface area contributed by atoms with Gasteiger partial charge in [0.15, 0.2) is 0 Å². The first-order valence-corrected chi connectivity index (χ1v) is 9.26. The van der Waals surface area contributed by atoms with Crippen LogP contribution >= 0.6 is 19.1 Å². The summed E-state index contributed by atoms with van der Waals surface area (Å²) in [6.07, 6.45) is 0.962. The predicted octanol–water partition coefficient (Wildman–Crippen LogP) is 5.52. The molecule has 5 heteroatoms. The van der Waals surface area contributed by atoms with Crippen molar-refractivity contribution in [3.05, 3.63) is 58.6 Å². The Kier molecular flexibility index (Phi) is 4.97. The normalized spacial score (nSPS) is 13.5. The first kappa shape index (κ1) is 15.9. The molecule has 21 heavy (non-hydrogen) atoms. The van der Waals surface area contributed by atoms with E-state index in [1.165, 1.54) is 5.56 Å². The van der Waals surface area contributed by atoms with Gasteiger partial charge in [-0.05, 0) is 48.7 Å². The summed E-state index contributed by atoms with van der Waals surface area (Å²) >= 11 is 6.07. The highest BCUT2D eigenvalue weighted by molar-refractivity contribution is 7.60. The molecule has 0 saturated carbocycles. The number of nitrogens with one attached hydrogen (secondary N) is 1. The minimum atomic E-state index is -3.02. The van der Waals surface area contributed by atoms with E-state index in [9.17, 15) is 4.57 Å². The van der Waals surface area contributed by atoms with Crippen LogP contribution in [0.3, 0.4) is 0 Å². The number of hydrogen-bond donors (Lipinski definition) is 1. The summed E-state index contributed by atoms with van der Waals surface area (Å²) in [6.45, 7) is 5.52. The van der Waals surface area contributed by atoms with Crippen molar-refractivity contribution in [2.24, 2.45) is 0 Å². The molecule has 112 valence electrons. The van der Waals surface area contributed by atoms with Crippen molar-refractivity contribution in [2.75, 3.05) is 11.8 Å². The Balaban J connectivity index is 2.14. The van der Waals surface area contributed by atoms with E-state index < -0.39 is 7.52 Å². The largest absolute Gasteiger partial charge is 0.429 e. The van der Waals surface area contributed by atoms with Crippen molar-refractivity contribution in [3.8, 4) is 5.75 Å². The second-order valence-electron chi connectivity index (χ2n) is 4.96. The molecule has 0 aromatic heterocycles. The molecule has 0 spiro atoms. The number of halogens is 1. The molecule has 0 amide bonds. The molecular formula is C16H19ClNO2P. The van der Waals surface area contributed by atoms with Crippen LogP contribution in [0.15, 0.2) is 42.5 Å². The van der Waals surface area contributed by atoms with Gasteiger partial charge in [-0.1, -0.05) is 36.7 Å². The van der Waals surface area contributed by atoms with Gasteiger partial charge >= 0.3 is 7.52 Å². The van der Waals surface area contributed by atoms with Crippen LogP contribution in [0.4, 0.5) is 5.69 Å². The molecule has 0 bridgehead atoms. The number of rotatable bonds is 5. The second-order valence-corrected chi connectivity index (χ2v) is 7.46. The maximum Gasteiger partial charge on any atom is 0.338 e. The van der Waals surface area contributed by atoms with E-state index in [2.05, 4.69) is 12.0 Å². The maximum absolute atomic E-state index is 12.6. The molecule has 0 saturated heterocycles. The lowest BCUT2D eigenvalue weighted by Crippen LogP contribution is -2.03. The summed E-state index contributed by atoms with van der Waals surface area (Å²) in [5.74, 6) is 0.588. The Morgan fingerprint density at radius 3 is 2.48 bits per heavy atom. The maximum atomic E-state index is 12.6. The summed E-state index contributed by atoms with van der Waals surface area (Å²) in [4.78, 5) is 0. The number of hydrogen-bond acceptors (Lipinski definition) is 2. The Hall–Kier alpha value is -1.44. The lowest BCUT2D eigenvalue weighted by atomic mass is 10.2. The van der Waals surface area contributed by atoms with Gasteiger partial charge in [0.2, 0.25) is 0 Å². The molecular weight excluding hydrogens is 305 g/mol. The topological polar surface area (TPSA) is 38.3 Å². The smallest absolute Gasteiger partial charge is 0.338 e. The Bertz CT molecular complexity index is 670. The predicted molar refractivity (Wildman–Crippen MR) is 89.8 cm³/mol. The van der Waals surface area contributed by atoms with Crippen molar-refractivity contribution in [2.45, 2.75) is 20.3 Å². The lowest BCUT2D eigenvalue weighted by Gasteiger charge is -2.19. The highest BCUT2D eigenvalue weighted by Crippen LogP contribution is 2.44. The molecule has 0 aliphatic rings. The van der Waals surface area contributed by atoms with Gasteiger partial charge in [-0.3, -0.25) is 4.57 Å².